The summed E-state index contributed by atoms with van der Waals surface area (Å²) in [4.78, 5) is 39.5. The zero-order valence-corrected chi connectivity index (χ0v) is 19.8. The SMILES string of the molecule is O=C(CCN1CCCC(c2c[nH]c(=O)c(C(F)(F)F)c2)C1)N1CCN(c2ncc(C(F)(F)F)cn2)CC1. The van der Waals surface area contributed by atoms with Crippen LogP contribution in [0, 0.1) is 0 Å². The highest BCUT2D eigenvalue weighted by Crippen LogP contribution is 2.31. The maximum atomic E-state index is 13.1. The predicted octanol–water partition coefficient (Wildman–Crippen LogP) is 3.12. The molecule has 0 radical (unpaired) electrons. The average Bonchev–Trinajstić information content (AvgIpc) is 2.87. The Morgan fingerprint density at radius 1 is 1.00 bits per heavy atom. The second-order valence-corrected chi connectivity index (χ2v) is 9.20. The van der Waals surface area contributed by atoms with E-state index in [2.05, 4.69) is 15.0 Å². The van der Waals surface area contributed by atoms with E-state index in [9.17, 15) is 35.9 Å². The van der Waals surface area contributed by atoms with Crippen LogP contribution in [-0.2, 0) is 17.1 Å². The van der Waals surface area contributed by atoms with Gasteiger partial charge in [0.2, 0.25) is 11.9 Å². The lowest BCUT2D eigenvalue weighted by molar-refractivity contribution is -0.139. The summed E-state index contributed by atoms with van der Waals surface area (Å²) in [6, 6.07) is 0.915. The van der Waals surface area contributed by atoms with Gasteiger partial charge in [-0.3, -0.25) is 9.59 Å². The van der Waals surface area contributed by atoms with Crippen LogP contribution in [0.3, 0.4) is 0 Å². The predicted molar refractivity (Wildman–Crippen MR) is 121 cm³/mol. The third-order valence-corrected chi connectivity index (χ3v) is 6.73. The minimum absolute atomic E-state index is 0.0708. The van der Waals surface area contributed by atoms with E-state index >= 15 is 0 Å². The van der Waals surface area contributed by atoms with E-state index in [1.54, 1.807) is 9.80 Å². The second kappa shape index (κ2) is 10.7. The highest BCUT2D eigenvalue weighted by Gasteiger charge is 2.35. The summed E-state index contributed by atoms with van der Waals surface area (Å²) in [5.41, 5.74) is -2.88. The first kappa shape index (κ1) is 26.9. The van der Waals surface area contributed by atoms with Gasteiger partial charge in [0, 0.05) is 64.3 Å². The van der Waals surface area contributed by atoms with Crippen molar-refractivity contribution in [2.45, 2.75) is 37.5 Å². The number of hydrogen-bond acceptors (Lipinski definition) is 6. The first-order chi connectivity index (χ1) is 17.4. The Morgan fingerprint density at radius 3 is 2.30 bits per heavy atom. The summed E-state index contributed by atoms with van der Waals surface area (Å²) in [5.74, 6) is -0.0806. The zero-order chi connectivity index (χ0) is 26.8. The first-order valence-corrected chi connectivity index (χ1v) is 11.9. The maximum absolute atomic E-state index is 13.1. The van der Waals surface area contributed by atoms with Gasteiger partial charge in [-0.05, 0) is 36.9 Å². The van der Waals surface area contributed by atoms with Crippen molar-refractivity contribution in [1.29, 1.82) is 0 Å². The fourth-order valence-electron chi connectivity index (χ4n) is 4.68. The number of nitrogens with zero attached hydrogens (tertiary/aromatic N) is 5. The molecule has 37 heavy (non-hydrogen) atoms. The van der Waals surface area contributed by atoms with Crippen molar-refractivity contribution in [1.82, 2.24) is 24.8 Å². The van der Waals surface area contributed by atoms with Gasteiger partial charge < -0.3 is 19.7 Å². The van der Waals surface area contributed by atoms with Gasteiger partial charge in [-0.15, -0.1) is 0 Å². The zero-order valence-electron chi connectivity index (χ0n) is 19.8. The first-order valence-electron chi connectivity index (χ1n) is 11.9. The van der Waals surface area contributed by atoms with Crippen molar-refractivity contribution in [3.05, 3.63) is 51.7 Å². The Kier molecular flexibility index (Phi) is 7.76. The second-order valence-electron chi connectivity index (χ2n) is 9.20. The largest absolute Gasteiger partial charge is 0.421 e. The summed E-state index contributed by atoms with van der Waals surface area (Å²) in [7, 11) is 0. The van der Waals surface area contributed by atoms with Crippen LogP contribution in [0.5, 0.6) is 0 Å². The fraction of sp³-hybridized carbons (Fsp3) is 0.565. The topological polar surface area (TPSA) is 85.4 Å². The number of anilines is 1. The number of likely N-dealkylation sites (tertiary alicyclic amines) is 1. The normalized spacial score (nSPS) is 19.8. The lowest BCUT2D eigenvalue weighted by Gasteiger charge is -2.36. The number of hydrogen-bond donors (Lipinski definition) is 1. The minimum Gasteiger partial charge on any atom is -0.339 e. The monoisotopic (exact) mass is 532 g/mol. The van der Waals surface area contributed by atoms with Gasteiger partial charge in [-0.25, -0.2) is 9.97 Å². The van der Waals surface area contributed by atoms with Crippen LogP contribution in [-0.4, -0.2) is 76.5 Å². The van der Waals surface area contributed by atoms with Crippen LogP contribution in [0.1, 0.15) is 41.9 Å². The van der Waals surface area contributed by atoms with Crippen molar-refractivity contribution < 1.29 is 31.1 Å². The van der Waals surface area contributed by atoms with Crippen LogP contribution < -0.4 is 10.5 Å². The third kappa shape index (κ3) is 6.59. The molecule has 2 aliphatic rings. The van der Waals surface area contributed by atoms with E-state index in [1.807, 2.05) is 4.90 Å². The summed E-state index contributed by atoms with van der Waals surface area (Å²) in [6.07, 6.45) is -4.75. The van der Waals surface area contributed by atoms with E-state index in [4.69, 9.17) is 0 Å². The molecule has 0 aromatic carbocycles. The number of amides is 1. The standard InChI is InChI=1S/C23H26F6N6O2/c24-22(25,26)17-12-31-21(32-13-17)35-8-6-34(7-9-35)19(36)3-5-33-4-1-2-15(14-33)16-10-18(23(27,28)29)20(37)30-11-16/h10-13,15H,1-9,14H2,(H,30,37). The number of pyridine rings is 1. The molecule has 0 bridgehead atoms. The van der Waals surface area contributed by atoms with Crippen molar-refractivity contribution in [3.63, 3.8) is 0 Å². The number of carbonyl (C=O) groups excluding carboxylic acids is 1. The van der Waals surface area contributed by atoms with Gasteiger partial charge in [0.25, 0.3) is 5.56 Å². The molecule has 2 aliphatic heterocycles. The van der Waals surface area contributed by atoms with E-state index in [0.717, 1.165) is 31.4 Å². The highest BCUT2D eigenvalue weighted by atomic mass is 19.4. The lowest BCUT2D eigenvalue weighted by Crippen LogP contribution is -2.50. The lowest BCUT2D eigenvalue weighted by atomic mass is 9.91. The van der Waals surface area contributed by atoms with Gasteiger partial charge in [-0.1, -0.05) is 0 Å². The van der Waals surface area contributed by atoms with Gasteiger partial charge in [-0.2, -0.15) is 26.3 Å². The Labute approximate surface area is 208 Å². The molecule has 2 aromatic heterocycles. The van der Waals surface area contributed by atoms with Gasteiger partial charge in [0.15, 0.2) is 0 Å². The van der Waals surface area contributed by atoms with Crippen LogP contribution >= 0.6 is 0 Å². The van der Waals surface area contributed by atoms with Crippen LogP contribution in [0.25, 0.3) is 0 Å². The van der Waals surface area contributed by atoms with Crippen molar-refractivity contribution in [3.8, 4) is 0 Å². The van der Waals surface area contributed by atoms with Crippen molar-refractivity contribution >= 4 is 11.9 Å². The minimum atomic E-state index is -4.73. The smallest absolute Gasteiger partial charge is 0.339 e. The molecule has 0 aliphatic carbocycles. The van der Waals surface area contributed by atoms with Gasteiger partial charge in [0.05, 0.1) is 5.56 Å². The molecule has 0 spiro atoms. The number of carbonyl (C=O) groups is 1. The summed E-state index contributed by atoms with van der Waals surface area (Å²) in [6.45, 7) is 3.18. The molecule has 1 atom stereocenters. The van der Waals surface area contributed by atoms with Crippen molar-refractivity contribution in [2.24, 2.45) is 0 Å². The molecular formula is C23H26F6N6O2. The molecule has 202 valence electrons. The molecule has 4 rings (SSSR count). The molecule has 1 N–H and O–H groups in total. The van der Waals surface area contributed by atoms with Crippen molar-refractivity contribution in [2.75, 3.05) is 50.7 Å². The Hall–Kier alpha value is -3.16. The van der Waals surface area contributed by atoms with Crippen LogP contribution in [0.15, 0.2) is 29.5 Å². The summed E-state index contributed by atoms with van der Waals surface area (Å²) in [5, 5.41) is 0. The quantitative estimate of drug-likeness (QED) is 0.596. The maximum Gasteiger partial charge on any atom is 0.421 e. The molecule has 8 nitrogen and oxygen atoms in total. The molecule has 4 heterocycles. The molecular weight excluding hydrogens is 506 g/mol. The molecule has 2 fully saturated rings. The summed E-state index contributed by atoms with van der Waals surface area (Å²) < 4.78 is 77.4. The number of aromatic nitrogens is 3. The number of rotatable bonds is 5. The molecule has 14 heteroatoms. The highest BCUT2D eigenvalue weighted by molar-refractivity contribution is 5.76. The molecule has 0 saturated carbocycles. The summed E-state index contributed by atoms with van der Waals surface area (Å²) >= 11 is 0. The Bertz CT molecular complexity index is 1140. The number of halogens is 6. The van der Waals surface area contributed by atoms with Gasteiger partial charge in [0.1, 0.15) is 5.56 Å². The molecule has 1 unspecified atom stereocenters. The third-order valence-electron chi connectivity index (χ3n) is 6.73. The number of piperidine rings is 1. The van der Waals surface area contributed by atoms with Gasteiger partial charge >= 0.3 is 12.4 Å². The average molecular weight is 532 g/mol. The number of nitrogens with one attached hydrogen (secondary N) is 1. The molecule has 2 saturated heterocycles. The van der Waals surface area contributed by atoms with E-state index in [-0.39, 0.29) is 24.2 Å². The molecule has 1 amide bonds. The number of aromatic amines is 1. The van der Waals surface area contributed by atoms with E-state index in [1.165, 1.54) is 6.20 Å². The van der Waals surface area contributed by atoms with E-state index < -0.39 is 29.0 Å². The van der Waals surface area contributed by atoms with Crippen LogP contribution in [0.2, 0.25) is 0 Å². The Morgan fingerprint density at radius 2 is 1.68 bits per heavy atom. The fourth-order valence-corrected chi connectivity index (χ4v) is 4.68. The van der Waals surface area contributed by atoms with Crippen LogP contribution in [0.4, 0.5) is 32.3 Å². The Balaban J connectivity index is 1.26. The molecule has 2 aromatic rings. The number of alkyl halides is 6. The number of H-pyrrole nitrogens is 1. The number of piperazine rings is 1. The van der Waals surface area contributed by atoms with E-state index in [0.29, 0.717) is 51.3 Å².